The smallest absolute Gasteiger partial charge is 0.160 e. The van der Waals surface area contributed by atoms with E-state index in [1.54, 1.807) is 12.4 Å². The Labute approximate surface area is 111 Å². The summed E-state index contributed by atoms with van der Waals surface area (Å²) < 4.78 is 1.99. The molecule has 5 nitrogen and oxygen atoms in total. The van der Waals surface area contributed by atoms with E-state index in [2.05, 4.69) is 27.4 Å². The number of hydrogen-bond acceptors (Lipinski definition) is 4. The van der Waals surface area contributed by atoms with Crippen LogP contribution in [0.5, 0.6) is 0 Å². The zero-order valence-electron chi connectivity index (χ0n) is 10.7. The van der Waals surface area contributed by atoms with Crippen molar-refractivity contribution in [2.75, 3.05) is 0 Å². The van der Waals surface area contributed by atoms with Crippen LogP contribution in [0.15, 0.2) is 48.9 Å². The number of nitrogens with one attached hydrogen (secondary N) is 1. The summed E-state index contributed by atoms with van der Waals surface area (Å²) in [6, 6.07) is 10.2. The van der Waals surface area contributed by atoms with Crippen LogP contribution in [-0.4, -0.2) is 19.6 Å². The number of nitrogens with zero attached hydrogens (tertiary/aromatic N) is 4. The molecule has 3 rings (SSSR count). The molecule has 0 aliphatic heterocycles. The quantitative estimate of drug-likeness (QED) is 0.772. The van der Waals surface area contributed by atoms with Crippen LogP contribution >= 0.6 is 0 Å². The first-order valence-electron chi connectivity index (χ1n) is 6.26. The fourth-order valence-electron chi connectivity index (χ4n) is 2.03. The van der Waals surface area contributed by atoms with Gasteiger partial charge in [-0.1, -0.05) is 6.07 Å². The average molecular weight is 253 g/mol. The highest BCUT2D eigenvalue weighted by molar-refractivity contribution is 5.36. The van der Waals surface area contributed by atoms with E-state index >= 15 is 0 Å². The van der Waals surface area contributed by atoms with Gasteiger partial charge < -0.3 is 5.32 Å². The van der Waals surface area contributed by atoms with Gasteiger partial charge in [0.1, 0.15) is 0 Å². The summed E-state index contributed by atoms with van der Waals surface area (Å²) in [6.07, 6.45) is 5.59. The van der Waals surface area contributed by atoms with Gasteiger partial charge in [-0.15, -0.1) is 10.2 Å². The van der Waals surface area contributed by atoms with Crippen molar-refractivity contribution in [2.45, 2.75) is 19.5 Å². The first-order chi connectivity index (χ1) is 9.34. The molecule has 0 aliphatic carbocycles. The lowest BCUT2D eigenvalue weighted by Gasteiger charge is -2.12. The Balaban J connectivity index is 1.73. The molecule has 1 atom stereocenters. The molecule has 0 radical (unpaired) electrons. The molecule has 0 fully saturated rings. The third-order valence-corrected chi connectivity index (χ3v) is 3.16. The van der Waals surface area contributed by atoms with Gasteiger partial charge in [0.05, 0.1) is 6.54 Å². The maximum Gasteiger partial charge on any atom is 0.160 e. The summed E-state index contributed by atoms with van der Waals surface area (Å²) in [7, 11) is 0. The topological polar surface area (TPSA) is 55.1 Å². The average Bonchev–Trinajstić information content (AvgIpc) is 2.89. The maximum absolute atomic E-state index is 4.20. The van der Waals surface area contributed by atoms with Crippen LogP contribution in [0.4, 0.5) is 0 Å². The molecular weight excluding hydrogens is 238 g/mol. The van der Waals surface area contributed by atoms with Gasteiger partial charge in [0.15, 0.2) is 11.5 Å². The first kappa shape index (κ1) is 11.8. The van der Waals surface area contributed by atoms with Crippen molar-refractivity contribution in [3.63, 3.8) is 0 Å². The molecule has 3 heterocycles. The summed E-state index contributed by atoms with van der Waals surface area (Å²) in [5.41, 5.74) is 2.08. The van der Waals surface area contributed by atoms with Gasteiger partial charge in [-0.05, 0) is 36.8 Å². The summed E-state index contributed by atoms with van der Waals surface area (Å²) in [5, 5.41) is 11.8. The molecule has 0 saturated heterocycles. The number of pyridine rings is 2. The Bertz CT molecular complexity index is 662. The van der Waals surface area contributed by atoms with Gasteiger partial charge in [0.2, 0.25) is 0 Å². The van der Waals surface area contributed by atoms with Crippen molar-refractivity contribution in [1.29, 1.82) is 0 Å². The van der Waals surface area contributed by atoms with Gasteiger partial charge in [-0.2, -0.15) is 0 Å². The molecule has 19 heavy (non-hydrogen) atoms. The molecule has 1 unspecified atom stereocenters. The van der Waals surface area contributed by atoms with E-state index in [0.29, 0.717) is 6.54 Å². The Morgan fingerprint density at radius 2 is 2.00 bits per heavy atom. The number of aromatic nitrogens is 4. The van der Waals surface area contributed by atoms with Gasteiger partial charge in [0, 0.05) is 24.6 Å². The summed E-state index contributed by atoms with van der Waals surface area (Å²) in [5.74, 6) is 0.913. The van der Waals surface area contributed by atoms with Crippen LogP contribution in [0, 0.1) is 0 Å². The molecule has 0 amide bonds. The zero-order valence-corrected chi connectivity index (χ0v) is 10.7. The van der Waals surface area contributed by atoms with Crippen LogP contribution < -0.4 is 5.32 Å². The fraction of sp³-hybridized carbons (Fsp3) is 0.214. The van der Waals surface area contributed by atoms with Crippen LogP contribution in [0.25, 0.3) is 5.65 Å². The third-order valence-electron chi connectivity index (χ3n) is 3.16. The van der Waals surface area contributed by atoms with E-state index < -0.39 is 0 Å². The lowest BCUT2D eigenvalue weighted by atomic mass is 10.1. The van der Waals surface area contributed by atoms with Crippen molar-refractivity contribution in [2.24, 2.45) is 0 Å². The van der Waals surface area contributed by atoms with E-state index in [9.17, 15) is 0 Å². The minimum Gasteiger partial charge on any atom is -0.303 e. The summed E-state index contributed by atoms with van der Waals surface area (Å²) in [4.78, 5) is 4.02. The molecule has 0 aromatic carbocycles. The standard InChI is InChI=1S/C14H15N5/c1-11(12-5-7-15-8-6-12)16-10-14-18-17-13-4-2-3-9-19(13)14/h2-9,11,16H,10H2,1H3. The molecule has 1 N–H and O–H groups in total. The molecule has 3 aromatic rings. The molecule has 0 saturated carbocycles. The van der Waals surface area contributed by atoms with Gasteiger partial charge in [-0.3, -0.25) is 9.38 Å². The molecule has 96 valence electrons. The second-order valence-electron chi connectivity index (χ2n) is 4.43. The molecule has 0 spiro atoms. The summed E-state index contributed by atoms with van der Waals surface area (Å²) in [6.45, 7) is 2.80. The lowest BCUT2D eigenvalue weighted by Crippen LogP contribution is -2.19. The van der Waals surface area contributed by atoms with Crippen LogP contribution in [0.2, 0.25) is 0 Å². The normalized spacial score (nSPS) is 12.7. The monoisotopic (exact) mass is 253 g/mol. The SMILES string of the molecule is CC(NCc1nnc2ccccn12)c1ccncc1. The van der Waals surface area contributed by atoms with E-state index in [0.717, 1.165) is 11.5 Å². The summed E-state index contributed by atoms with van der Waals surface area (Å²) >= 11 is 0. The minimum atomic E-state index is 0.249. The van der Waals surface area contributed by atoms with E-state index in [-0.39, 0.29) is 6.04 Å². The predicted octanol–water partition coefficient (Wildman–Crippen LogP) is 1.98. The number of rotatable bonds is 4. The Morgan fingerprint density at radius 3 is 2.84 bits per heavy atom. The minimum absolute atomic E-state index is 0.249. The highest BCUT2D eigenvalue weighted by atomic mass is 15.3. The van der Waals surface area contributed by atoms with Crippen LogP contribution in [0.1, 0.15) is 24.4 Å². The van der Waals surface area contributed by atoms with Crippen LogP contribution in [-0.2, 0) is 6.54 Å². The van der Waals surface area contributed by atoms with Crippen molar-refractivity contribution in [3.05, 3.63) is 60.3 Å². The van der Waals surface area contributed by atoms with Crippen molar-refractivity contribution >= 4 is 5.65 Å². The molecule has 5 heteroatoms. The predicted molar refractivity (Wildman–Crippen MR) is 72.5 cm³/mol. The molecule has 3 aromatic heterocycles. The zero-order chi connectivity index (χ0) is 13.1. The van der Waals surface area contributed by atoms with Crippen molar-refractivity contribution in [1.82, 2.24) is 24.9 Å². The first-order valence-corrected chi connectivity index (χ1v) is 6.26. The number of fused-ring (bicyclic) bond motifs is 1. The molecular formula is C14H15N5. The number of hydrogen-bond donors (Lipinski definition) is 1. The highest BCUT2D eigenvalue weighted by Crippen LogP contribution is 2.11. The molecule has 0 aliphatic rings. The van der Waals surface area contributed by atoms with Crippen molar-refractivity contribution < 1.29 is 0 Å². The van der Waals surface area contributed by atoms with Crippen LogP contribution in [0.3, 0.4) is 0 Å². The largest absolute Gasteiger partial charge is 0.303 e. The van der Waals surface area contributed by atoms with Gasteiger partial charge in [-0.25, -0.2) is 0 Å². The van der Waals surface area contributed by atoms with Gasteiger partial charge in [0.25, 0.3) is 0 Å². The Hall–Kier alpha value is -2.27. The van der Waals surface area contributed by atoms with Crippen molar-refractivity contribution in [3.8, 4) is 0 Å². The second kappa shape index (κ2) is 5.16. The second-order valence-corrected chi connectivity index (χ2v) is 4.43. The highest BCUT2D eigenvalue weighted by Gasteiger charge is 2.08. The molecule has 0 bridgehead atoms. The maximum atomic E-state index is 4.20. The lowest BCUT2D eigenvalue weighted by molar-refractivity contribution is 0.556. The van der Waals surface area contributed by atoms with E-state index in [1.807, 2.05) is 40.9 Å². The van der Waals surface area contributed by atoms with E-state index in [1.165, 1.54) is 5.56 Å². The third kappa shape index (κ3) is 2.46. The Morgan fingerprint density at radius 1 is 1.16 bits per heavy atom. The Kier molecular flexibility index (Phi) is 3.20. The fourth-order valence-corrected chi connectivity index (χ4v) is 2.03. The van der Waals surface area contributed by atoms with Gasteiger partial charge >= 0.3 is 0 Å². The van der Waals surface area contributed by atoms with E-state index in [4.69, 9.17) is 0 Å².